The summed E-state index contributed by atoms with van der Waals surface area (Å²) in [5.74, 6) is 0. The Kier molecular flexibility index (Phi) is 5.99. The predicted octanol–water partition coefficient (Wildman–Crippen LogP) is 3.77. The first kappa shape index (κ1) is 20.4. The molecule has 2 aromatic rings. The Labute approximate surface area is 170 Å². The van der Waals surface area contributed by atoms with Crippen LogP contribution in [0.5, 0.6) is 0 Å². The zero-order valence-electron chi connectivity index (χ0n) is 13.8. The van der Waals surface area contributed by atoms with E-state index in [4.69, 9.17) is 28.9 Å². The van der Waals surface area contributed by atoms with E-state index in [2.05, 4.69) is 0 Å². The van der Waals surface area contributed by atoms with E-state index in [1.807, 2.05) is 0 Å². The second-order valence-electron chi connectivity index (χ2n) is 6.01. The molecule has 7 nitrogen and oxygen atoms in total. The molecule has 2 aromatic carbocycles. The van der Waals surface area contributed by atoms with Crippen LogP contribution in [-0.4, -0.2) is 36.8 Å². The van der Waals surface area contributed by atoms with E-state index in [9.17, 15) is 18.5 Å². The van der Waals surface area contributed by atoms with Gasteiger partial charge in [0.2, 0.25) is 10.0 Å². The SMILES string of the molecule is NC1CCN(S(=O)(=O)c2cc([N+](=O)[O-])ccc2Sc2cc(Cl)cc(Cl)c2)C1. The Morgan fingerprint density at radius 3 is 2.41 bits per heavy atom. The van der Waals surface area contributed by atoms with Crippen molar-refractivity contribution in [2.75, 3.05) is 13.1 Å². The van der Waals surface area contributed by atoms with Gasteiger partial charge in [-0.1, -0.05) is 35.0 Å². The number of hydrogen-bond donors (Lipinski definition) is 1. The molecule has 0 bridgehead atoms. The number of nitrogens with zero attached hydrogens (tertiary/aromatic N) is 2. The maximum atomic E-state index is 13.1. The average Bonchev–Trinajstić information content (AvgIpc) is 3.01. The fraction of sp³-hybridized carbons (Fsp3) is 0.250. The van der Waals surface area contributed by atoms with Gasteiger partial charge in [-0.05, 0) is 30.7 Å². The molecule has 1 heterocycles. The molecule has 11 heteroatoms. The minimum atomic E-state index is -3.94. The second-order valence-corrected chi connectivity index (χ2v) is 9.90. The molecule has 3 rings (SSSR count). The van der Waals surface area contributed by atoms with Gasteiger partial charge >= 0.3 is 0 Å². The highest BCUT2D eigenvalue weighted by Gasteiger charge is 2.33. The summed E-state index contributed by atoms with van der Waals surface area (Å²) < 4.78 is 27.4. The highest BCUT2D eigenvalue weighted by molar-refractivity contribution is 8.00. The minimum Gasteiger partial charge on any atom is -0.326 e. The minimum absolute atomic E-state index is 0.133. The number of hydrogen-bond acceptors (Lipinski definition) is 6. The van der Waals surface area contributed by atoms with Crippen molar-refractivity contribution in [2.24, 2.45) is 5.73 Å². The number of sulfonamides is 1. The lowest BCUT2D eigenvalue weighted by Crippen LogP contribution is -2.32. The van der Waals surface area contributed by atoms with Gasteiger partial charge in [0.15, 0.2) is 0 Å². The summed E-state index contributed by atoms with van der Waals surface area (Å²) in [5.41, 5.74) is 5.52. The molecular formula is C16H15Cl2N3O4S2. The van der Waals surface area contributed by atoms with Crippen molar-refractivity contribution in [3.05, 3.63) is 56.6 Å². The zero-order valence-corrected chi connectivity index (χ0v) is 17.0. The maximum Gasteiger partial charge on any atom is 0.270 e. The van der Waals surface area contributed by atoms with Gasteiger partial charge in [0.05, 0.1) is 4.92 Å². The van der Waals surface area contributed by atoms with Gasteiger partial charge in [-0.2, -0.15) is 4.31 Å². The summed E-state index contributed by atoms with van der Waals surface area (Å²) in [6.45, 7) is 0.456. The summed E-state index contributed by atoms with van der Waals surface area (Å²) in [5, 5.41) is 12.0. The van der Waals surface area contributed by atoms with Gasteiger partial charge in [0.25, 0.3) is 5.69 Å². The van der Waals surface area contributed by atoms with E-state index in [0.29, 0.717) is 26.3 Å². The number of halogens is 2. The van der Waals surface area contributed by atoms with E-state index in [-0.39, 0.29) is 29.7 Å². The number of nitro benzene ring substituents is 1. The molecular weight excluding hydrogens is 433 g/mol. The smallest absolute Gasteiger partial charge is 0.270 e. The second kappa shape index (κ2) is 7.94. The molecule has 0 aromatic heterocycles. The lowest BCUT2D eigenvalue weighted by atomic mass is 10.3. The molecule has 0 amide bonds. The molecule has 1 atom stereocenters. The van der Waals surface area contributed by atoms with E-state index in [1.165, 1.54) is 16.4 Å². The molecule has 1 fully saturated rings. The number of rotatable bonds is 5. The van der Waals surface area contributed by atoms with Crippen LogP contribution in [0.25, 0.3) is 0 Å². The highest BCUT2D eigenvalue weighted by Crippen LogP contribution is 2.38. The summed E-state index contributed by atoms with van der Waals surface area (Å²) in [6.07, 6.45) is 0.542. The van der Waals surface area contributed by atoms with Crippen LogP contribution < -0.4 is 5.73 Å². The standard InChI is InChI=1S/C16H15Cl2N3O4S2/c17-10-5-11(18)7-14(6-10)26-15-2-1-13(21(22)23)8-16(15)27(24,25)20-4-3-12(19)9-20/h1-2,5-8,12H,3-4,9,19H2. The molecule has 1 saturated heterocycles. The molecule has 1 aliphatic heterocycles. The Hall–Kier alpha value is -1.36. The monoisotopic (exact) mass is 447 g/mol. The molecule has 27 heavy (non-hydrogen) atoms. The Morgan fingerprint density at radius 2 is 1.85 bits per heavy atom. The van der Waals surface area contributed by atoms with Crippen LogP contribution in [0.2, 0.25) is 10.0 Å². The van der Waals surface area contributed by atoms with Crippen LogP contribution in [0.4, 0.5) is 5.69 Å². The quantitative estimate of drug-likeness (QED) is 0.551. The van der Waals surface area contributed by atoms with Crippen LogP contribution in [-0.2, 0) is 10.0 Å². The van der Waals surface area contributed by atoms with Crippen LogP contribution in [0, 0.1) is 10.1 Å². The van der Waals surface area contributed by atoms with Crippen molar-refractivity contribution in [1.29, 1.82) is 0 Å². The van der Waals surface area contributed by atoms with E-state index < -0.39 is 14.9 Å². The third kappa shape index (κ3) is 4.56. The zero-order chi connectivity index (χ0) is 19.8. The lowest BCUT2D eigenvalue weighted by Gasteiger charge is -2.18. The third-order valence-electron chi connectivity index (χ3n) is 4.01. The van der Waals surface area contributed by atoms with Gasteiger partial charge < -0.3 is 5.73 Å². The number of benzene rings is 2. The fourth-order valence-corrected chi connectivity index (χ4v) is 6.34. The van der Waals surface area contributed by atoms with E-state index in [1.54, 1.807) is 18.2 Å². The molecule has 1 unspecified atom stereocenters. The van der Waals surface area contributed by atoms with E-state index >= 15 is 0 Å². The van der Waals surface area contributed by atoms with Crippen LogP contribution >= 0.6 is 35.0 Å². The van der Waals surface area contributed by atoms with Crippen molar-refractivity contribution in [1.82, 2.24) is 4.31 Å². The van der Waals surface area contributed by atoms with Crippen molar-refractivity contribution in [3.63, 3.8) is 0 Å². The first-order valence-corrected chi connectivity index (χ1v) is 10.9. The van der Waals surface area contributed by atoms with Gasteiger partial charge in [-0.25, -0.2) is 8.42 Å². The molecule has 0 saturated carbocycles. The van der Waals surface area contributed by atoms with Crippen molar-refractivity contribution >= 4 is 50.7 Å². The van der Waals surface area contributed by atoms with Crippen molar-refractivity contribution in [3.8, 4) is 0 Å². The average molecular weight is 448 g/mol. The molecule has 0 radical (unpaired) electrons. The number of nitro groups is 1. The Morgan fingerprint density at radius 1 is 1.19 bits per heavy atom. The largest absolute Gasteiger partial charge is 0.326 e. The van der Waals surface area contributed by atoms with Gasteiger partial charge in [-0.3, -0.25) is 10.1 Å². The summed E-state index contributed by atoms with van der Waals surface area (Å²) in [4.78, 5) is 11.4. The van der Waals surface area contributed by atoms with E-state index in [0.717, 1.165) is 17.8 Å². The summed E-state index contributed by atoms with van der Waals surface area (Å²) >= 11 is 13.1. The van der Waals surface area contributed by atoms with Gasteiger partial charge in [-0.15, -0.1) is 0 Å². The fourth-order valence-electron chi connectivity index (χ4n) is 2.72. The molecule has 0 aliphatic carbocycles. The number of nitrogens with two attached hydrogens (primary N) is 1. The lowest BCUT2D eigenvalue weighted by molar-refractivity contribution is -0.385. The van der Waals surface area contributed by atoms with Crippen LogP contribution in [0.15, 0.2) is 51.1 Å². The molecule has 144 valence electrons. The summed E-state index contributed by atoms with van der Waals surface area (Å²) in [7, 11) is -3.94. The van der Waals surface area contributed by atoms with Gasteiger partial charge in [0.1, 0.15) is 4.90 Å². The normalized spacial score (nSPS) is 18.0. The highest BCUT2D eigenvalue weighted by atomic mass is 35.5. The Bertz CT molecular complexity index is 981. The molecule has 1 aliphatic rings. The topological polar surface area (TPSA) is 107 Å². The molecule has 2 N–H and O–H groups in total. The van der Waals surface area contributed by atoms with Gasteiger partial charge in [0, 0.05) is 51.1 Å². The first-order chi connectivity index (χ1) is 12.7. The predicted molar refractivity (Wildman–Crippen MR) is 105 cm³/mol. The maximum absolute atomic E-state index is 13.1. The first-order valence-electron chi connectivity index (χ1n) is 7.85. The van der Waals surface area contributed by atoms with Crippen LogP contribution in [0.1, 0.15) is 6.42 Å². The van der Waals surface area contributed by atoms with Crippen molar-refractivity contribution < 1.29 is 13.3 Å². The molecule has 0 spiro atoms. The third-order valence-corrected chi connectivity index (χ3v) is 7.53. The van der Waals surface area contributed by atoms with Crippen molar-refractivity contribution in [2.45, 2.75) is 27.1 Å². The van der Waals surface area contributed by atoms with Crippen LogP contribution in [0.3, 0.4) is 0 Å². The Balaban J connectivity index is 2.07. The summed E-state index contributed by atoms with van der Waals surface area (Å²) in [6, 6.07) is 8.36. The number of non-ortho nitro benzene ring substituents is 1.